The number of benzene rings is 1. The summed E-state index contributed by atoms with van der Waals surface area (Å²) in [7, 11) is 0. The highest BCUT2D eigenvalue weighted by Gasteiger charge is 2.12. The first-order chi connectivity index (χ1) is 8.56. The first-order valence-corrected chi connectivity index (χ1v) is 6.78. The van der Waals surface area contributed by atoms with Crippen molar-refractivity contribution in [3.63, 3.8) is 0 Å². The third kappa shape index (κ3) is 3.31. The largest absolute Gasteiger partial charge is 0.388 e. The van der Waals surface area contributed by atoms with Gasteiger partial charge in [-0.1, -0.05) is 33.6 Å². The summed E-state index contributed by atoms with van der Waals surface area (Å²) < 4.78 is 0.863. The van der Waals surface area contributed by atoms with E-state index < -0.39 is 6.10 Å². The van der Waals surface area contributed by atoms with Crippen LogP contribution in [0.25, 0.3) is 0 Å². The quantitative estimate of drug-likeness (QED) is 0.922. The van der Waals surface area contributed by atoms with Crippen LogP contribution >= 0.6 is 27.5 Å². The van der Waals surface area contributed by atoms with Gasteiger partial charge in [-0.05, 0) is 42.3 Å². The summed E-state index contributed by atoms with van der Waals surface area (Å²) in [4.78, 5) is 4.28. The van der Waals surface area contributed by atoms with Gasteiger partial charge < -0.3 is 5.11 Å². The number of rotatable bonds is 3. The van der Waals surface area contributed by atoms with E-state index in [2.05, 4.69) is 20.9 Å². The van der Waals surface area contributed by atoms with Crippen molar-refractivity contribution in [1.29, 1.82) is 0 Å². The Kier molecular flexibility index (Phi) is 4.38. The molecular formula is C14H13BrClNO. The number of hydrogen-bond acceptors (Lipinski definition) is 2. The molecule has 1 aromatic heterocycles. The Labute approximate surface area is 120 Å². The lowest BCUT2D eigenvalue weighted by Gasteiger charge is -2.13. The first kappa shape index (κ1) is 13.5. The zero-order chi connectivity index (χ0) is 13.1. The van der Waals surface area contributed by atoms with Crippen molar-refractivity contribution in [3.05, 3.63) is 62.8 Å². The Morgan fingerprint density at radius 3 is 2.83 bits per heavy atom. The predicted octanol–water partition coefficient (Wildman–Crippen LogP) is 4.08. The van der Waals surface area contributed by atoms with Crippen LogP contribution in [-0.4, -0.2) is 10.1 Å². The molecule has 2 rings (SSSR count). The number of aryl methyl sites for hydroxylation is 1. The minimum atomic E-state index is -0.603. The average Bonchev–Trinajstić information content (AvgIpc) is 2.31. The molecule has 0 aliphatic heterocycles. The maximum Gasteiger partial charge on any atom is 0.0846 e. The summed E-state index contributed by atoms with van der Waals surface area (Å²) in [5.41, 5.74) is 2.78. The molecule has 1 unspecified atom stereocenters. The van der Waals surface area contributed by atoms with Crippen LogP contribution in [0.5, 0.6) is 0 Å². The molecule has 18 heavy (non-hydrogen) atoms. The van der Waals surface area contributed by atoms with Crippen LogP contribution in [-0.2, 0) is 6.42 Å². The maximum atomic E-state index is 10.2. The highest BCUT2D eigenvalue weighted by Crippen LogP contribution is 2.26. The number of hydrogen-bond donors (Lipinski definition) is 1. The SMILES string of the molecule is Cc1cccnc1CC(O)c1cc(Cl)cc(Br)c1. The Bertz CT molecular complexity index is 539. The molecule has 4 heteroatoms. The van der Waals surface area contributed by atoms with Crippen molar-refractivity contribution in [3.8, 4) is 0 Å². The Hall–Kier alpha value is -0.900. The molecule has 0 saturated carbocycles. The van der Waals surface area contributed by atoms with E-state index in [1.807, 2.05) is 25.1 Å². The van der Waals surface area contributed by atoms with Crippen molar-refractivity contribution in [2.45, 2.75) is 19.4 Å². The minimum Gasteiger partial charge on any atom is -0.388 e. The van der Waals surface area contributed by atoms with Crippen LogP contribution in [0.15, 0.2) is 41.0 Å². The van der Waals surface area contributed by atoms with Gasteiger partial charge in [-0.2, -0.15) is 0 Å². The van der Waals surface area contributed by atoms with E-state index in [0.717, 1.165) is 21.3 Å². The highest BCUT2D eigenvalue weighted by atomic mass is 79.9. The molecule has 1 aromatic carbocycles. The maximum absolute atomic E-state index is 10.2. The monoisotopic (exact) mass is 325 g/mol. The second-order valence-corrected chi connectivity index (χ2v) is 5.54. The summed E-state index contributed by atoms with van der Waals surface area (Å²) in [6, 6.07) is 9.32. The van der Waals surface area contributed by atoms with E-state index in [0.29, 0.717) is 11.4 Å². The number of aliphatic hydroxyl groups excluding tert-OH is 1. The molecule has 1 N–H and O–H groups in total. The van der Waals surface area contributed by atoms with Crippen molar-refractivity contribution in [2.24, 2.45) is 0 Å². The molecule has 1 atom stereocenters. The smallest absolute Gasteiger partial charge is 0.0846 e. The van der Waals surface area contributed by atoms with E-state index in [4.69, 9.17) is 11.6 Å². The second-order valence-electron chi connectivity index (χ2n) is 4.19. The van der Waals surface area contributed by atoms with E-state index in [1.54, 1.807) is 18.3 Å². The van der Waals surface area contributed by atoms with E-state index in [1.165, 1.54) is 0 Å². The van der Waals surface area contributed by atoms with Crippen molar-refractivity contribution < 1.29 is 5.11 Å². The van der Waals surface area contributed by atoms with Crippen molar-refractivity contribution in [2.75, 3.05) is 0 Å². The lowest BCUT2D eigenvalue weighted by molar-refractivity contribution is 0.177. The molecule has 0 amide bonds. The standard InChI is InChI=1S/C14H13BrClNO/c1-9-3-2-4-17-13(9)8-14(18)10-5-11(15)7-12(16)6-10/h2-7,14,18H,8H2,1H3. The fourth-order valence-electron chi connectivity index (χ4n) is 1.80. The fraction of sp³-hybridized carbons (Fsp3) is 0.214. The summed E-state index contributed by atoms with van der Waals surface area (Å²) in [5.74, 6) is 0. The second kappa shape index (κ2) is 5.83. The minimum absolute atomic E-state index is 0.486. The molecule has 1 heterocycles. The van der Waals surface area contributed by atoms with Gasteiger partial charge in [-0.3, -0.25) is 4.98 Å². The number of halogens is 2. The number of nitrogens with zero attached hydrogens (tertiary/aromatic N) is 1. The molecule has 0 fully saturated rings. The molecule has 2 nitrogen and oxygen atoms in total. The molecule has 94 valence electrons. The molecule has 0 spiro atoms. The van der Waals surface area contributed by atoms with Crippen molar-refractivity contribution >= 4 is 27.5 Å². The van der Waals surface area contributed by atoms with Gasteiger partial charge in [0.15, 0.2) is 0 Å². The van der Waals surface area contributed by atoms with Gasteiger partial charge in [-0.25, -0.2) is 0 Å². The zero-order valence-electron chi connectivity index (χ0n) is 9.90. The van der Waals surface area contributed by atoms with E-state index >= 15 is 0 Å². The number of aliphatic hydroxyl groups is 1. The fourth-order valence-corrected chi connectivity index (χ4v) is 2.69. The van der Waals surface area contributed by atoms with Crippen LogP contribution in [0.4, 0.5) is 0 Å². The summed E-state index contributed by atoms with van der Waals surface area (Å²) >= 11 is 9.34. The van der Waals surface area contributed by atoms with Crippen LogP contribution in [0, 0.1) is 6.92 Å². The van der Waals surface area contributed by atoms with Crippen LogP contribution in [0.2, 0.25) is 5.02 Å². The summed E-state index contributed by atoms with van der Waals surface area (Å²) in [5, 5.41) is 10.8. The van der Waals surface area contributed by atoms with E-state index in [-0.39, 0.29) is 0 Å². The average molecular weight is 327 g/mol. The predicted molar refractivity (Wildman–Crippen MR) is 76.8 cm³/mol. The first-order valence-electron chi connectivity index (χ1n) is 5.61. The van der Waals surface area contributed by atoms with Crippen molar-refractivity contribution in [1.82, 2.24) is 4.98 Å². The molecule has 0 aliphatic rings. The molecule has 2 aromatic rings. The lowest BCUT2D eigenvalue weighted by atomic mass is 10.0. The van der Waals surface area contributed by atoms with Gasteiger partial charge in [0.1, 0.15) is 0 Å². The van der Waals surface area contributed by atoms with Gasteiger partial charge in [0.25, 0.3) is 0 Å². The zero-order valence-corrected chi connectivity index (χ0v) is 12.2. The Morgan fingerprint density at radius 1 is 1.39 bits per heavy atom. The molecule has 0 aliphatic carbocycles. The molecular weight excluding hydrogens is 314 g/mol. The van der Waals surface area contributed by atoms with Gasteiger partial charge in [0.05, 0.1) is 6.10 Å². The van der Waals surface area contributed by atoms with Gasteiger partial charge in [0.2, 0.25) is 0 Å². The highest BCUT2D eigenvalue weighted by molar-refractivity contribution is 9.10. The van der Waals surface area contributed by atoms with Crippen LogP contribution in [0.1, 0.15) is 22.9 Å². The van der Waals surface area contributed by atoms with Gasteiger partial charge in [0, 0.05) is 27.8 Å². The normalized spacial score (nSPS) is 12.4. The van der Waals surface area contributed by atoms with Crippen LogP contribution in [0.3, 0.4) is 0 Å². The third-order valence-electron chi connectivity index (χ3n) is 2.77. The Morgan fingerprint density at radius 2 is 2.17 bits per heavy atom. The summed E-state index contributed by atoms with van der Waals surface area (Å²) in [6.07, 6.45) is 1.62. The topological polar surface area (TPSA) is 33.1 Å². The van der Waals surface area contributed by atoms with Crippen LogP contribution < -0.4 is 0 Å². The number of pyridine rings is 1. The molecule has 0 saturated heterocycles. The van der Waals surface area contributed by atoms with Gasteiger partial charge >= 0.3 is 0 Å². The third-order valence-corrected chi connectivity index (χ3v) is 3.45. The number of aromatic nitrogens is 1. The summed E-state index contributed by atoms with van der Waals surface area (Å²) in [6.45, 7) is 1.99. The molecule has 0 radical (unpaired) electrons. The lowest BCUT2D eigenvalue weighted by Crippen LogP contribution is -2.05. The Balaban J connectivity index is 2.22. The molecule has 0 bridgehead atoms. The van der Waals surface area contributed by atoms with E-state index in [9.17, 15) is 5.11 Å². The van der Waals surface area contributed by atoms with Gasteiger partial charge in [-0.15, -0.1) is 0 Å².